The Kier molecular flexibility index (Phi) is 9.46. The van der Waals surface area contributed by atoms with Gasteiger partial charge in [-0.25, -0.2) is 0 Å². The maximum atomic E-state index is 9.66. The van der Waals surface area contributed by atoms with E-state index in [0.717, 1.165) is 44.6 Å². The first-order valence-electron chi connectivity index (χ1n) is 6.79. The molecule has 2 rings (SSSR count). The highest BCUT2D eigenvalue weighted by Crippen LogP contribution is 2.31. The third kappa shape index (κ3) is 5.75. The zero-order valence-electron chi connectivity index (χ0n) is 12.0. The van der Waals surface area contributed by atoms with Crippen molar-refractivity contribution in [3.05, 3.63) is 36.4 Å². The summed E-state index contributed by atoms with van der Waals surface area (Å²) in [5, 5.41) is 22.7. The van der Waals surface area contributed by atoms with Gasteiger partial charge in [-0.1, -0.05) is 6.08 Å². The molecule has 0 spiro atoms. The van der Waals surface area contributed by atoms with Crippen LogP contribution in [0, 0.1) is 0 Å². The Morgan fingerprint density at radius 3 is 2.24 bits per heavy atom. The number of hydrogen-bond donors (Lipinski definition) is 3. The van der Waals surface area contributed by atoms with Gasteiger partial charge < -0.3 is 15.5 Å². The SMILES string of the molecule is C=CCC[C@@H](c1cc(O)cc(O)c1)N1CCNCC1.Cl.Cl. The van der Waals surface area contributed by atoms with Crippen LogP contribution in [0.2, 0.25) is 0 Å². The quantitative estimate of drug-likeness (QED) is 0.725. The molecule has 0 aliphatic carbocycles. The van der Waals surface area contributed by atoms with Crippen molar-refractivity contribution in [3.8, 4) is 11.5 Å². The fraction of sp³-hybridized carbons (Fsp3) is 0.467. The first-order valence-corrected chi connectivity index (χ1v) is 6.79. The molecule has 1 heterocycles. The first-order chi connectivity index (χ1) is 9.20. The van der Waals surface area contributed by atoms with E-state index >= 15 is 0 Å². The third-order valence-electron chi connectivity index (χ3n) is 3.55. The molecule has 1 aliphatic rings. The van der Waals surface area contributed by atoms with Gasteiger partial charge in [0, 0.05) is 38.3 Å². The molecule has 0 bridgehead atoms. The van der Waals surface area contributed by atoms with Crippen LogP contribution >= 0.6 is 24.8 Å². The van der Waals surface area contributed by atoms with Crippen LogP contribution in [-0.2, 0) is 0 Å². The van der Waals surface area contributed by atoms with Crippen LogP contribution in [0.5, 0.6) is 11.5 Å². The summed E-state index contributed by atoms with van der Waals surface area (Å²) in [5.41, 5.74) is 0.973. The van der Waals surface area contributed by atoms with E-state index in [4.69, 9.17) is 0 Å². The van der Waals surface area contributed by atoms with Gasteiger partial charge in [-0.15, -0.1) is 31.4 Å². The number of phenolic OH excluding ortho intramolecular Hbond substituents is 2. The third-order valence-corrected chi connectivity index (χ3v) is 3.55. The Labute approximate surface area is 138 Å². The van der Waals surface area contributed by atoms with Crippen molar-refractivity contribution in [3.63, 3.8) is 0 Å². The van der Waals surface area contributed by atoms with E-state index in [0.29, 0.717) is 0 Å². The van der Waals surface area contributed by atoms with Crippen LogP contribution in [0.4, 0.5) is 0 Å². The molecule has 0 radical (unpaired) electrons. The van der Waals surface area contributed by atoms with Gasteiger partial charge in [0.2, 0.25) is 0 Å². The lowest BCUT2D eigenvalue weighted by Crippen LogP contribution is -2.45. The lowest BCUT2D eigenvalue weighted by molar-refractivity contribution is 0.165. The minimum absolute atomic E-state index is 0. The maximum Gasteiger partial charge on any atom is 0.119 e. The second-order valence-electron chi connectivity index (χ2n) is 4.95. The molecule has 3 N–H and O–H groups in total. The van der Waals surface area contributed by atoms with Gasteiger partial charge in [-0.3, -0.25) is 4.90 Å². The molecule has 21 heavy (non-hydrogen) atoms. The van der Waals surface area contributed by atoms with Gasteiger partial charge >= 0.3 is 0 Å². The van der Waals surface area contributed by atoms with Crippen LogP contribution in [0.1, 0.15) is 24.4 Å². The number of hydrogen-bond acceptors (Lipinski definition) is 4. The van der Waals surface area contributed by atoms with E-state index in [2.05, 4.69) is 16.8 Å². The van der Waals surface area contributed by atoms with Crippen molar-refractivity contribution < 1.29 is 10.2 Å². The number of allylic oxidation sites excluding steroid dienone is 1. The second kappa shape index (κ2) is 9.90. The van der Waals surface area contributed by atoms with E-state index in [1.165, 1.54) is 6.07 Å². The molecule has 1 atom stereocenters. The largest absolute Gasteiger partial charge is 0.508 e. The second-order valence-corrected chi connectivity index (χ2v) is 4.95. The van der Waals surface area contributed by atoms with Crippen molar-refractivity contribution in [1.82, 2.24) is 10.2 Å². The number of piperazine rings is 1. The minimum Gasteiger partial charge on any atom is -0.508 e. The predicted molar refractivity (Wildman–Crippen MR) is 90.9 cm³/mol. The smallest absolute Gasteiger partial charge is 0.119 e. The van der Waals surface area contributed by atoms with E-state index in [-0.39, 0.29) is 42.4 Å². The lowest BCUT2D eigenvalue weighted by atomic mass is 9.99. The number of benzene rings is 1. The molecule has 0 amide bonds. The van der Waals surface area contributed by atoms with Crippen LogP contribution < -0.4 is 5.32 Å². The van der Waals surface area contributed by atoms with Crippen LogP contribution in [-0.4, -0.2) is 41.3 Å². The van der Waals surface area contributed by atoms with Crippen LogP contribution in [0.3, 0.4) is 0 Å². The summed E-state index contributed by atoms with van der Waals surface area (Å²) in [6.45, 7) is 7.71. The zero-order valence-corrected chi connectivity index (χ0v) is 13.6. The topological polar surface area (TPSA) is 55.7 Å². The van der Waals surface area contributed by atoms with Crippen LogP contribution in [0.25, 0.3) is 0 Å². The Bertz CT molecular complexity index is 417. The van der Waals surface area contributed by atoms with E-state index in [9.17, 15) is 10.2 Å². The van der Waals surface area contributed by atoms with Gasteiger partial charge in [0.05, 0.1) is 0 Å². The summed E-state index contributed by atoms with van der Waals surface area (Å²) < 4.78 is 0. The summed E-state index contributed by atoms with van der Waals surface area (Å²) >= 11 is 0. The fourth-order valence-electron chi connectivity index (χ4n) is 2.64. The molecular formula is C15H24Cl2N2O2. The van der Waals surface area contributed by atoms with Gasteiger partial charge in [0.15, 0.2) is 0 Å². The highest BCUT2D eigenvalue weighted by molar-refractivity contribution is 5.85. The highest BCUT2D eigenvalue weighted by atomic mass is 35.5. The van der Waals surface area contributed by atoms with E-state index < -0.39 is 0 Å². The number of nitrogens with one attached hydrogen (secondary N) is 1. The Hall–Kier alpha value is -0.940. The Balaban J connectivity index is 0.00000200. The van der Waals surface area contributed by atoms with Gasteiger partial charge in [0.1, 0.15) is 11.5 Å². The first kappa shape index (κ1) is 20.1. The van der Waals surface area contributed by atoms with Crippen molar-refractivity contribution in [2.75, 3.05) is 26.2 Å². The molecule has 1 aromatic rings. The number of phenols is 2. The molecule has 1 fully saturated rings. The van der Waals surface area contributed by atoms with Crippen molar-refractivity contribution in [2.24, 2.45) is 0 Å². The normalized spacial score (nSPS) is 16.4. The average Bonchev–Trinajstić information content (AvgIpc) is 2.39. The molecule has 0 unspecified atom stereocenters. The highest BCUT2D eigenvalue weighted by Gasteiger charge is 2.22. The fourth-order valence-corrected chi connectivity index (χ4v) is 2.64. The molecular weight excluding hydrogens is 311 g/mol. The molecule has 0 saturated carbocycles. The van der Waals surface area contributed by atoms with Gasteiger partial charge in [-0.05, 0) is 30.5 Å². The summed E-state index contributed by atoms with van der Waals surface area (Å²) in [6, 6.07) is 5.08. The molecule has 1 aliphatic heterocycles. The Morgan fingerprint density at radius 1 is 1.14 bits per heavy atom. The lowest BCUT2D eigenvalue weighted by Gasteiger charge is -2.35. The summed E-state index contributed by atoms with van der Waals surface area (Å²) in [4.78, 5) is 2.40. The number of nitrogens with zero attached hydrogens (tertiary/aromatic N) is 1. The van der Waals surface area contributed by atoms with Crippen molar-refractivity contribution in [1.29, 1.82) is 0 Å². The molecule has 120 valence electrons. The van der Waals surface area contributed by atoms with Crippen LogP contribution in [0.15, 0.2) is 30.9 Å². The van der Waals surface area contributed by atoms with Crippen molar-refractivity contribution >= 4 is 24.8 Å². The maximum absolute atomic E-state index is 9.66. The monoisotopic (exact) mass is 334 g/mol. The summed E-state index contributed by atoms with van der Waals surface area (Å²) in [7, 11) is 0. The number of halogens is 2. The molecule has 4 nitrogen and oxygen atoms in total. The molecule has 6 heteroatoms. The standard InChI is InChI=1S/C15H22N2O2.2ClH/c1-2-3-4-15(17-7-5-16-6-8-17)12-9-13(18)11-14(19)10-12;;/h2,9-11,15-16,18-19H,1,3-8H2;2*1H/t15-;;/m0../s1. The number of aromatic hydroxyl groups is 2. The molecule has 0 aromatic heterocycles. The number of rotatable bonds is 5. The zero-order chi connectivity index (χ0) is 13.7. The van der Waals surface area contributed by atoms with Crippen molar-refractivity contribution in [2.45, 2.75) is 18.9 Å². The molecule has 1 saturated heterocycles. The van der Waals surface area contributed by atoms with Gasteiger partial charge in [0.25, 0.3) is 0 Å². The van der Waals surface area contributed by atoms with E-state index in [1.54, 1.807) is 12.1 Å². The average molecular weight is 335 g/mol. The van der Waals surface area contributed by atoms with E-state index in [1.807, 2.05) is 6.08 Å². The minimum atomic E-state index is 0. The Morgan fingerprint density at radius 2 is 1.71 bits per heavy atom. The predicted octanol–water partition coefficient (Wildman–Crippen LogP) is 2.85. The molecule has 1 aromatic carbocycles. The summed E-state index contributed by atoms with van der Waals surface area (Å²) in [5.74, 6) is 0.238. The van der Waals surface area contributed by atoms with Gasteiger partial charge in [-0.2, -0.15) is 0 Å². The summed E-state index contributed by atoms with van der Waals surface area (Å²) in [6.07, 6.45) is 3.79.